The summed E-state index contributed by atoms with van der Waals surface area (Å²) in [6.45, 7) is 8.58. The lowest BCUT2D eigenvalue weighted by Crippen LogP contribution is -2.20. The maximum atomic E-state index is 5.58. The molecular formula is C19H25NO. The molecule has 0 amide bonds. The highest BCUT2D eigenvalue weighted by Crippen LogP contribution is 2.33. The summed E-state index contributed by atoms with van der Waals surface area (Å²) in [6, 6.07) is 11.1. The lowest BCUT2D eigenvalue weighted by molar-refractivity contribution is 0.405. The fourth-order valence-electron chi connectivity index (χ4n) is 2.83. The van der Waals surface area contributed by atoms with E-state index in [0.717, 1.165) is 5.75 Å². The Morgan fingerprint density at radius 3 is 2.14 bits per heavy atom. The van der Waals surface area contributed by atoms with Crippen LogP contribution in [0.2, 0.25) is 0 Å². The van der Waals surface area contributed by atoms with E-state index in [4.69, 9.17) is 4.74 Å². The van der Waals surface area contributed by atoms with Crippen LogP contribution in [0.4, 0.5) is 0 Å². The first-order valence-electron chi connectivity index (χ1n) is 7.37. The van der Waals surface area contributed by atoms with Crippen LogP contribution in [0.3, 0.4) is 0 Å². The molecule has 0 aliphatic carbocycles. The van der Waals surface area contributed by atoms with Crippen LogP contribution in [-0.4, -0.2) is 14.2 Å². The van der Waals surface area contributed by atoms with Gasteiger partial charge in [-0.05, 0) is 68.6 Å². The Morgan fingerprint density at radius 2 is 1.52 bits per heavy atom. The molecule has 0 bridgehead atoms. The van der Waals surface area contributed by atoms with Crippen molar-refractivity contribution in [2.45, 2.75) is 33.7 Å². The maximum Gasteiger partial charge on any atom is 0.124 e. The van der Waals surface area contributed by atoms with Gasteiger partial charge in [0.15, 0.2) is 0 Å². The Kier molecular flexibility index (Phi) is 4.69. The van der Waals surface area contributed by atoms with Crippen LogP contribution in [-0.2, 0) is 0 Å². The van der Waals surface area contributed by atoms with Gasteiger partial charge in [0.1, 0.15) is 5.75 Å². The van der Waals surface area contributed by atoms with E-state index < -0.39 is 0 Å². The summed E-state index contributed by atoms with van der Waals surface area (Å²) in [7, 11) is 3.73. The number of ether oxygens (including phenoxy) is 1. The molecule has 0 fully saturated rings. The molecule has 0 spiro atoms. The van der Waals surface area contributed by atoms with E-state index in [1.54, 1.807) is 7.11 Å². The second kappa shape index (κ2) is 6.31. The molecule has 21 heavy (non-hydrogen) atoms. The lowest BCUT2D eigenvalue weighted by Gasteiger charge is -2.23. The molecule has 0 saturated heterocycles. The van der Waals surface area contributed by atoms with Crippen molar-refractivity contribution >= 4 is 0 Å². The highest BCUT2D eigenvalue weighted by Gasteiger charge is 2.19. The van der Waals surface area contributed by atoms with Crippen LogP contribution in [0.15, 0.2) is 30.3 Å². The van der Waals surface area contributed by atoms with E-state index in [0.29, 0.717) is 0 Å². The molecule has 0 aliphatic rings. The van der Waals surface area contributed by atoms with E-state index in [-0.39, 0.29) is 6.04 Å². The molecule has 2 nitrogen and oxygen atoms in total. The van der Waals surface area contributed by atoms with Crippen LogP contribution in [0.25, 0.3) is 0 Å². The summed E-state index contributed by atoms with van der Waals surface area (Å²) in [5.74, 6) is 0.937. The molecule has 112 valence electrons. The quantitative estimate of drug-likeness (QED) is 0.906. The molecule has 2 aromatic rings. The Hall–Kier alpha value is -1.80. The van der Waals surface area contributed by atoms with Crippen molar-refractivity contribution in [2.75, 3.05) is 14.2 Å². The van der Waals surface area contributed by atoms with Gasteiger partial charge >= 0.3 is 0 Å². The second-order valence-electron chi connectivity index (χ2n) is 5.76. The molecule has 0 aromatic heterocycles. The van der Waals surface area contributed by atoms with E-state index >= 15 is 0 Å². The number of methoxy groups -OCH3 is 1. The van der Waals surface area contributed by atoms with Gasteiger partial charge in [0.05, 0.1) is 13.2 Å². The third-order valence-corrected chi connectivity index (χ3v) is 4.18. The lowest BCUT2D eigenvalue weighted by atomic mass is 9.91. The van der Waals surface area contributed by atoms with Gasteiger partial charge in [0.25, 0.3) is 0 Å². The summed E-state index contributed by atoms with van der Waals surface area (Å²) < 4.78 is 5.58. The van der Waals surface area contributed by atoms with Crippen LogP contribution < -0.4 is 10.1 Å². The first-order valence-corrected chi connectivity index (χ1v) is 7.37. The average molecular weight is 283 g/mol. The van der Waals surface area contributed by atoms with Gasteiger partial charge in [-0.15, -0.1) is 0 Å². The van der Waals surface area contributed by atoms with E-state index in [1.165, 1.54) is 33.4 Å². The Morgan fingerprint density at radius 1 is 0.857 bits per heavy atom. The van der Waals surface area contributed by atoms with E-state index in [9.17, 15) is 0 Å². The summed E-state index contributed by atoms with van der Waals surface area (Å²) in [6.07, 6.45) is 0. The fraction of sp³-hybridized carbons (Fsp3) is 0.368. The van der Waals surface area contributed by atoms with Crippen LogP contribution in [0.5, 0.6) is 5.75 Å². The van der Waals surface area contributed by atoms with Gasteiger partial charge in [-0.1, -0.05) is 24.3 Å². The van der Waals surface area contributed by atoms with Crippen molar-refractivity contribution in [1.82, 2.24) is 5.32 Å². The summed E-state index contributed by atoms with van der Waals surface area (Å²) >= 11 is 0. The molecule has 1 unspecified atom stereocenters. The predicted octanol–water partition coefficient (Wildman–Crippen LogP) is 4.24. The number of hydrogen-bond donors (Lipinski definition) is 1. The number of hydrogen-bond acceptors (Lipinski definition) is 2. The van der Waals surface area contributed by atoms with E-state index in [2.05, 4.69) is 63.3 Å². The van der Waals surface area contributed by atoms with Crippen molar-refractivity contribution in [1.29, 1.82) is 0 Å². The summed E-state index contributed by atoms with van der Waals surface area (Å²) in [5, 5.41) is 3.44. The monoisotopic (exact) mass is 283 g/mol. The molecule has 0 radical (unpaired) electrons. The van der Waals surface area contributed by atoms with Crippen molar-refractivity contribution in [2.24, 2.45) is 0 Å². The number of aryl methyl sites for hydroxylation is 4. The van der Waals surface area contributed by atoms with Gasteiger partial charge in [-0.3, -0.25) is 0 Å². The minimum atomic E-state index is 0.139. The molecular weight excluding hydrogens is 258 g/mol. The number of benzene rings is 2. The second-order valence-corrected chi connectivity index (χ2v) is 5.76. The SMILES string of the molecule is CNC(c1cc(C)c(C)cc1C)c1ccc(C)cc1OC. The number of nitrogens with one attached hydrogen (secondary N) is 1. The van der Waals surface area contributed by atoms with E-state index in [1.807, 2.05) is 7.05 Å². The highest BCUT2D eigenvalue weighted by atomic mass is 16.5. The zero-order valence-electron chi connectivity index (χ0n) is 13.9. The normalized spacial score (nSPS) is 12.3. The van der Waals surface area contributed by atoms with Crippen molar-refractivity contribution in [3.8, 4) is 5.75 Å². The molecule has 2 aromatic carbocycles. The topological polar surface area (TPSA) is 21.3 Å². The van der Waals surface area contributed by atoms with Crippen molar-refractivity contribution in [3.63, 3.8) is 0 Å². The van der Waals surface area contributed by atoms with Crippen molar-refractivity contribution in [3.05, 3.63) is 63.7 Å². The first kappa shape index (κ1) is 15.6. The summed E-state index contributed by atoms with van der Waals surface area (Å²) in [5.41, 5.74) is 7.66. The van der Waals surface area contributed by atoms with Crippen LogP contribution in [0.1, 0.15) is 39.4 Å². The molecule has 2 rings (SSSR count). The minimum Gasteiger partial charge on any atom is -0.496 e. The van der Waals surface area contributed by atoms with Gasteiger partial charge in [0, 0.05) is 5.56 Å². The molecule has 0 saturated carbocycles. The third kappa shape index (κ3) is 3.11. The Bertz CT molecular complexity index is 646. The molecule has 1 atom stereocenters. The zero-order chi connectivity index (χ0) is 15.6. The smallest absolute Gasteiger partial charge is 0.124 e. The average Bonchev–Trinajstić information content (AvgIpc) is 2.46. The Labute approximate surface area is 128 Å². The number of rotatable bonds is 4. The molecule has 2 heteroatoms. The summed E-state index contributed by atoms with van der Waals surface area (Å²) in [4.78, 5) is 0. The zero-order valence-corrected chi connectivity index (χ0v) is 13.9. The fourth-order valence-corrected chi connectivity index (χ4v) is 2.83. The van der Waals surface area contributed by atoms with Crippen LogP contribution in [0, 0.1) is 27.7 Å². The van der Waals surface area contributed by atoms with Crippen molar-refractivity contribution < 1.29 is 4.74 Å². The van der Waals surface area contributed by atoms with Gasteiger partial charge < -0.3 is 10.1 Å². The maximum absolute atomic E-state index is 5.58. The van der Waals surface area contributed by atoms with Gasteiger partial charge in [0.2, 0.25) is 0 Å². The minimum absolute atomic E-state index is 0.139. The van der Waals surface area contributed by atoms with Gasteiger partial charge in [-0.2, -0.15) is 0 Å². The Balaban J connectivity index is 2.57. The molecule has 1 N–H and O–H groups in total. The highest BCUT2D eigenvalue weighted by molar-refractivity contribution is 5.47. The first-order chi connectivity index (χ1) is 9.97. The molecule has 0 aliphatic heterocycles. The molecule has 0 heterocycles. The van der Waals surface area contributed by atoms with Gasteiger partial charge in [-0.25, -0.2) is 0 Å². The largest absolute Gasteiger partial charge is 0.496 e. The predicted molar refractivity (Wildman–Crippen MR) is 89.3 cm³/mol. The standard InChI is InChI=1S/C19H25NO/c1-12-7-8-16(18(9-12)21-6)19(20-5)17-11-14(3)13(2)10-15(17)4/h7-11,19-20H,1-6H3. The third-order valence-electron chi connectivity index (χ3n) is 4.18. The van der Waals surface area contributed by atoms with Crippen LogP contribution >= 0.6 is 0 Å².